The third-order valence-corrected chi connectivity index (χ3v) is 5.28. The molecule has 0 aromatic heterocycles. The van der Waals surface area contributed by atoms with E-state index >= 15 is 0 Å². The monoisotopic (exact) mass is 267 g/mol. The number of hydrogen-bond acceptors (Lipinski definition) is 3. The Balaban J connectivity index is 1.64. The summed E-state index contributed by atoms with van der Waals surface area (Å²) in [6.07, 6.45) is 8.33. The number of nitrogens with zero attached hydrogens (tertiary/aromatic N) is 2. The van der Waals surface area contributed by atoms with Crippen molar-refractivity contribution in [1.29, 1.82) is 0 Å². The molecule has 1 N–H and O–H groups in total. The molecule has 2 saturated heterocycles. The molecule has 3 atom stereocenters. The van der Waals surface area contributed by atoms with Crippen molar-refractivity contribution in [2.45, 2.75) is 57.5 Å². The molecular weight excluding hydrogens is 234 g/mol. The van der Waals surface area contributed by atoms with E-state index in [-0.39, 0.29) is 0 Å². The largest absolute Gasteiger partial charge is 0.317 e. The van der Waals surface area contributed by atoms with Gasteiger partial charge in [-0.05, 0) is 78.7 Å². The van der Waals surface area contributed by atoms with Crippen molar-refractivity contribution in [3.63, 3.8) is 0 Å². The summed E-state index contributed by atoms with van der Waals surface area (Å²) in [4.78, 5) is 5.34. The normalized spacial score (nSPS) is 31.1. The Kier molecular flexibility index (Phi) is 6.11. The van der Waals surface area contributed by atoms with Gasteiger partial charge >= 0.3 is 0 Å². The fraction of sp³-hybridized carbons (Fsp3) is 1.00. The molecule has 2 rings (SSSR count). The van der Waals surface area contributed by atoms with Gasteiger partial charge in [0.1, 0.15) is 0 Å². The third-order valence-electron chi connectivity index (χ3n) is 5.28. The van der Waals surface area contributed by atoms with Crippen molar-refractivity contribution in [2.24, 2.45) is 5.92 Å². The van der Waals surface area contributed by atoms with Gasteiger partial charge in [0, 0.05) is 18.6 Å². The second-order valence-electron chi connectivity index (χ2n) is 6.73. The van der Waals surface area contributed by atoms with E-state index in [4.69, 9.17) is 0 Å². The molecule has 0 radical (unpaired) electrons. The molecule has 0 amide bonds. The molecule has 0 bridgehead atoms. The van der Waals surface area contributed by atoms with Crippen LogP contribution in [0.1, 0.15) is 45.4 Å². The zero-order chi connectivity index (χ0) is 13.7. The first-order valence-electron chi connectivity index (χ1n) is 8.30. The number of fused-ring (bicyclic) bond motifs is 1. The molecule has 2 aliphatic heterocycles. The number of likely N-dealkylation sites (tertiary alicyclic amines) is 2. The highest BCUT2D eigenvalue weighted by molar-refractivity contribution is 4.89. The first-order valence-corrected chi connectivity index (χ1v) is 8.30. The molecule has 0 aromatic rings. The van der Waals surface area contributed by atoms with Gasteiger partial charge in [0.25, 0.3) is 0 Å². The van der Waals surface area contributed by atoms with E-state index in [2.05, 4.69) is 36.1 Å². The first-order chi connectivity index (χ1) is 9.20. The summed E-state index contributed by atoms with van der Waals surface area (Å²) in [6, 6.07) is 1.56. The molecule has 3 nitrogen and oxygen atoms in total. The summed E-state index contributed by atoms with van der Waals surface area (Å²) < 4.78 is 0. The van der Waals surface area contributed by atoms with Crippen molar-refractivity contribution in [1.82, 2.24) is 15.1 Å². The van der Waals surface area contributed by atoms with E-state index in [1.165, 1.54) is 64.7 Å². The smallest absolute Gasteiger partial charge is 0.0145 e. The molecule has 2 fully saturated rings. The van der Waals surface area contributed by atoms with Gasteiger partial charge in [-0.3, -0.25) is 0 Å². The van der Waals surface area contributed by atoms with Crippen LogP contribution in [0.15, 0.2) is 0 Å². The van der Waals surface area contributed by atoms with E-state index in [9.17, 15) is 0 Å². The summed E-state index contributed by atoms with van der Waals surface area (Å²) in [6.45, 7) is 7.61. The highest BCUT2D eigenvalue weighted by Crippen LogP contribution is 2.29. The topological polar surface area (TPSA) is 18.5 Å². The minimum atomic E-state index is 0.678. The summed E-state index contributed by atoms with van der Waals surface area (Å²) in [5.74, 6) is 0.948. The zero-order valence-electron chi connectivity index (χ0n) is 13.2. The van der Waals surface area contributed by atoms with Crippen LogP contribution in [-0.4, -0.2) is 62.2 Å². The van der Waals surface area contributed by atoms with E-state index in [1.54, 1.807) is 0 Å². The Morgan fingerprint density at radius 1 is 1.21 bits per heavy atom. The lowest BCUT2D eigenvalue weighted by Gasteiger charge is -2.46. The van der Waals surface area contributed by atoms with Gasteiger partial charge < -0.3 is 15.1 Å². The van der Waals surface area contributed by atoms with Crippen molar-refractivity contribution < 1.29 is 0 Å². The van der Waals surface area contributed by atoms with E-state index in [1.807, 2.05) is 0 Å². The SMILES string of the molecule is CNC(C)CCCCN1CCC2C(CCCN2C)C1. The van der Waals surface area contributed by atoms with Crippen LogP contribution < -0.4 is 5.32 Å². The van der Waals surface area contributed by atoms with Gasteiger partial charge in [-0.15, -0.1) is 0 Å². The maximum absolute atomic E-state index is 3.33. The summed E-state index contributed by atoms with van der Waals surface area (Å²) in [7, 11) is 4.39. The maximum atomic E-state index is 3.33. The minimum absolute atomic E-state index is 0.678. The number of unbranched alkanes of at least 4 members (excludes halogenated alkanes) is 1. The molecule has 3 heteroatoms. The molecule has 0 aliphatic carbocycles. The molecule has 0 saturated carbocycles. The van der Waals surface area contributed by atoms with Crippen molar-refractivity contribution in [2.75, 3.05) is 40.3 Å². The molecule has 0 spiro atoms. The number of nitrogens with one attached hydrogen (secondary N) is 1. The fourth-order valence-corrected chi connectivity index (χ4v) is 3.86. The Hall–Kier alpha value is -0.120. The molecule has 2 aliphatic rings. The molecule has 3 unspecified atom stereocenters. The van der Waals surface area contributed by atoms with Crippen LogP contribution in [0.2, 0.25) is 0 Å². The van der Waals surface area contributed by atoms with Crippen LogP contribution in [0, 0.1) is 5.92 Å². The lowest BCUT2D eigenvalue weighted by molar-refractivity contribution is 0.0379. The fourth-order valence-electron chi connectivity index (χ4n) is 3.86. The van der Waals surface area contributed by atoms with Crippen LogP contribution in [0.5, 0.6) is 0 Å². The Labute approximate surface area is 119 Å². The van der Waals surface area contributed by atoms with E-state index in [0.29, 0.717) is 6.04 Å². The molecule has 0 aromatic carbocycles. The highest BCUT2D eigenvalue weighted by Gasteiger charge is 2.33. The number of hydrogen-bond donors (Lipinski definition) is 1. The van der Waals surface area contributed by atoms with E-state index < -0.39 is 0 Å². The van der Waals surface area contributed by atoms with Gasteiger partial charge in [-0.2, -0.15) is 0 Å². The third kappa shape index (κ3) is 4.44. The van der Waals surface area contributed by atoms with Crippen LogP contribution in [0.3, 0.4) is 0 Å². The van der Waals surface area contributed by atoms with Gasteiger partial charge in [0.05, 0.1) is 0 Å². The zero-order valence-corrected chi connectivity index (χ0v) is 13.2. The standard InChI is InChI=1S/C16H33N3/c1-14(17-2)7-4-5-11-19-12-9-16-15(13-19)8-6-10-18(16)3/h14-17H,4-13H2,1-3H3. The summed E-state index contributed by atoms with van der Waals surface area (Å²) in [5.41, 5.74) is 0. The first kappa shape index (κ1) is 15.3. The minimum Gasteiger partial charge on any atom is -0.317 e. The lowest BCUT2D eigenvalue weighted by Crippen LogP contribution is -2.52. The van der Waals surface area contributed by atoms with Crippen molar-refractivity contribution >= 4 is 0 Å². The van der Waals surface area contributed by atoms with Gasteiger partial charge in [0.2, 0.25) is 0 Å². The van der Waals surface area contributed by atoms with Crippen molar-refractivity contribution in [3.8, 4) is 0 Å². The highest BCUT2D eigenvalue weighted by atomic mass is 15.2. The average molecular weight is 267 g/mol. The van der Waals surface area contributed by atoms with Crippen LogP contribution >= 0.6 is 0 Å². The van der Waals surface area contributed by atoms with Crippen LogP contribution in [-0.2, 0) is 0 Å². The average Bonchev–Trinajstić information content (AvgIpc) is 2.43. The summed E-state index contributed by atoms with van der Waals surface area (Å²) >= 11 is 0. The van der Waals surface area contributed by atoms with Crippen LogP contribution in [0.4, 0.5) is 0 Å². The molecule has 112 valence electrons. The Morgan fingerprint density at radius 3 is 2.84 bits per heavy atom. The second-order valence-corrected chi connectivity index (χ2v) is 6.73. The van der Waals surface area contributed by atoms with Crippen molar-refractivity contribution in [3.05, 3.63) is 0 Å². The predicted molar refractivity (Wildman–Crippen MR) is 82.6 cm³/mol. The number of rotatable bonds is 6. The Bertz CT molecular complexity index is 256. The molecular formula is C16H33N3. The number of piperidine rings is 2. The predicted octanol–water partition coefficient (Wildman–Crippen LogP) is 2.18. The summed E-state index contributed by atoms with van der Waals surface area (Å²) in [5, 5.41) is 3.33. The lowest BCUT2D eigenvalue weighted by atomic mass is 9.84. The van der Waals surface area contributed by atoms with Crippen LogP contribution in [0.25, 0.3) is 0 Å². The Morgan fingerprint density at radius 2 is 2.05 bits per heavy atom. The second kappa shape index (κ2) is 7.61. The molecule has 2 heterocycles. The van der Waals surface area contributed by atoms with E-state index in [0.717, 1.165) is 12.0 Å². The van der Waals surface area contributed by atoms with Gasteiger partial charge in [-0.25, -0.2) is 0 Å². The molecule has 19 heavy (non-hydrogen) atoms. The van der Waals surface area contributed by atoms with Gasteiger partial charge in [-0.1, -0.05) is 6.42 Å². The maximum Gasteiger partial charge on any atom is 0.0145 e. The quantitative estimate of drug-likeness (QED) is 0.744. The van der Waals surface area contributed by atoms with Gasteiger partial charge in [0.15, 0.2) is 0 Å².